The fourth-order valence-corrected chi connectivity index (χ4v) is 6.59. The molecule has 7 nitrogen and oxygen atoms in total. The number of benzene rings is 4. The molecule has 7 rings (SSSR count). The maximum absolute atomic E-state index is 13.6. The molecule has 2 aliphatic heterocycles. The van der Waals surface area contributed by atoms with E-state index in [0.717, 1.165) is 32.3 Å². The Morgan fingerprint density at radius 1 is 0.750 bits per heavy atom. The molecule has 0 spiro atoms. The van der Waals surface area contributed by atoms with E-state index in [4.69, 9.17) is 4.74 Å². The van der Waals surface area contributed by atoms with Gasteiger partial charge in [0.25, 0.3) is 11.8 Å². The van der Waals surface area contributed by atoms with Crippen molar-refractivity contribution in [3.05, 3.63) is 130 Å². The van der Waals surface area contributed by atoms with Gasteiger partial charge in [0, 0.05) is 21.6 Å². The van der Waals surface area contributed by atoms with Crippen molar-refractivity contribution in [3.8, 4) is 5.75 Å². The van der Waals surface area contributed by atoms with Crippen LogP contribution in [-0.4, -0.2) is 35.0 Å². The number of ketones is 1. The van der Waals surface area contributed by atoms with Crippen LogP contribution in [0.25, 0.3) is 5.70 Å². The van der Waals surface area contributed by atoms with Crippen molar-refractivity contribution in [2.75, 3.05) is 11.9 Å². The number of hydrogen-bond donors (Lipinski definition) is 1. The van der Waals surface area contributed by atoms with E-state index < -0.39 is 24.3 Å². The van der Waals surface area contributed by atoms with Gasteiger partial charge >= 0.3 is 5.97 Å². The van der Waals surface area contributed by atoms with Gasteiger partial charge in [-0.2, -0.15) is 0 Å². The van der Waals surface area contributed by atoms with Crippen LogP contribution in [0.5, 0.6) is 5.75 Å². The van der Waals surface area contributed by atoms with E-state index in [1.54, 1.807) is 48.2 Å². The van der Waals surface area contributed by atoms with Crippen molar-refractivity contribution < 1.29 is 23.9 Å². The van der Waals surface area contributed by atoms with Gasteiger partial charge in [-0.15, -0.1) is 11.8 Å². The third kappa shape index (κ3) is 3.84. The topological polar surface area (TPSA) is 92.8 Å². The molecule has 0 bridgehead atoms. The smallest absolute Gasteiger partial charge is 0.331 e. The molecule has 0 radical (unpaired) electrons. The van der Waals surface area contributed by atoms with Crippen molar-refractivity contribution in [1.82, 2.24) is 4.90 Å². The van der Waals surface area contributed by atoms with Crippen LogP contribution in [0.2, 0.25) is 0 Å². The number of Topliss-reactive ketones (excluding diaryl/α,β-unsaturated/α-hetero) is 1. The number of carbonyl (C=O) groups is 4. The fraction of sp³-hybridized carbons (Fsp3) is 0.0625. The Labute approximate surface area is 233 Å². The Morgan fingerprint density at radius 2 is 1.35 bits per heavy atom. The molecule has 3 aliphatic rings. The van der Waals surface area contributed by atoms with E-state index in [2.05, 4.69) is 5.32 Å². The Balaban J connectivity index is 1.14. The molecule has 0 saturated carbocycles. The first kappa shape index (κ1) is 24.1. The van der Waals surface area contributed by atoms with Gasteiger partial charge in [0.2, 0.25) is 0 Å². The minimum Gasteiger partial charge on any atom is -0.425 e. The highest BCUT2D eigenvalue weighted by atomic mass is 32.2. The SMILES string of the molecule is O=C(CN1C(=O)c2ccccc2C1=O)Oc1ccc(C2Sc3ccccc3NC3=C2C(=O)c2ccccc23)cc1. The number of imide groups is 1. The summed E-state index contributed by atoms with van der Waals surface area (Å²) in [5, 5.41) is 3.21. The molecule has 8 heteroatoms. The van der Waals surface area contributed by atoms with E-state index in [-0.39, 0.29) is 27.9 Å². The minimum absolute atomic E-state index is 0.0140. The van der Waals surface area contributed by atoms with Gasteiger partial charge in [0.1, 0.15) is 12.3 Å². The van der Waals surface area contributed by atoms with Crippen molar-refractivity contribution in [2.45, 2.75) is 10.1 Å². The second kappa shape index (κ2) is 9.36. The van der Waals surface area contributed by atoms with Crippen LogP contribution in [0.1, 0.15) is 47.5 Å². The molecule has 0 aromatic heterocycles. The molecule has 0 fully saturated rings. The standard InChI is InChI=1S/C32H20N2O5S/c35-26(17-34-31(37)22-9-3-4-10-23(22)32(34)38)39-19-15-13-18(14-16-19)30-27-28(20-7-1-2-8-21(20)29(27)36)33-24-11-5-6-12-25(24)40-30/h1-16,30,33H,17H2. The van der Waals surface area contributed by atoms with Crippen LogP contribution in [0.3, 0.4) is 0 Å². The minimum atomic E-state index is -0.726. The lowest BCUT2D eigenvalue weighted by atomic mass is 10.0. The number of fused-ring (bicyclic) bond motifs is 4. The monoisotopic (exact) mass is 544 g/mol. The largest absolute Gasteiger partial charge is 0.425 e. The number of amides is 2. The quantitative estimate of drug-likeness (QED) is 0.199. The van der Waals surface area contributed by atoms with Crippen molar-refractivity contribution >= 4 is 46.7 Å². The Kier molecular flexibility index (Phi) is 5.64. The van der Waals surface area contributed by atoms with Gasteiger partial charge in [-0.25, -0.2) is 4.79 Å². The first-order valence-corrected chi connectivity index (χ1v) is 13.5. The lowest BCUT2D eigenvalue weighted by Gasteiger charge is -2.18. The van der Waals surface area contributed by atoms with Crippen LogP contribution < -0.4 is 10.1 Å². The summed E-state index contributed by atoms with van der Waals surface area (Å²) >= 11 is 1.59. The molecule has 40 heavy (non-hydrogen) atoms. The molecule has 4 aromatic carbocycles. The average Bonchev–Trinajstić information content (AvgIpc) is 3.29. The summed E-state index contributed by atoms with van der Waals surface area (Å²) in [5.41, 5.74) is 5.39. The van der Waals surface area contributed by atoms with Gasteiger partial charge in [-0.1, -0.05) is 60.7 Å². The number of anilines is 1. The maximum atomic E-state index is 13.6. The normalized spacial score (nSPS) is 17.1. The van der Waals surface area contributed by atoms with Gasteiger partial charge in [-0.05, 0) is 42.0 Å². The van der Waals surface area contributed by atoms with E-state index in [0.29, 0.717) is 11.1 Å². The number of ether oxygens (including phenoxy) is 1. The number of para-hydroxylation sites is 1. The lowest BCUT2D eigenvalue weighted by molar-refractivity contribution is -0.134. The van der Waals surface area contributed by atoms with Crippen molar-refractivity contribution in [2.24, 2.45) is 0 Å². The molecule has 2 heterocycles. The van der Waals surface area contributed by atoms with E-state index >= 15 is 0 Å². The Bertz CT molecular complexity index is 1760. The third-order valence-electron chi connectivity index (χ3n) is 7.19. The summed E-state index contributed by atoms with van der Waals surface area (Å²) in [4.78, 5) is 53.3. The molecule has 1 aliphatic carbocycles. The summed E-state index contributed by atoms with van der Waals surface area (Å²) in [7, 11) is 0. The van der Waals surface area contributed by atoms with Crippen LogP contribution >= 0.6 is 11.8 Å². The highest BCUT2D eigenvalue weighted by Gasteiger charge is 2.39. The van der Waals surface area contributed by atoms with E-state index in [1.165, 1.54) is 0 Å². The summed E-state index contributed by atoms with van der Waals surface area (Å²) in [6, 6.07) is 29.0. The first-order valence-electron chi connectivity index (χ1n) is 12.7. The molecule has 4 aromatic rings. The highest BCUT2D eigenvalue weighted by Crippen LogP contribution is 2.52. The van der Waals surface area contributed by atoms with E-state index in [1.807, 2.05) is 60.7 Å². The van der Waals surface area contributed by atoms with Crippen LogP contribution in [0, 0.1) is 0 Å². The number of rotatable bonds is 4. The van der Waals surface area contributed by atoms with Gasteiger partial charge in [0.05, 0.1) is 27.8 Å². The molecule has 1 atom stereocenters. The number of nitrogens with one attached hydrogen (secondary N) is 1. The fourth-order valence-electron chi connectivity index (χ4n) is 5.30. The molecular weight excluding hydrogens is 524 g/mol. The first-order chi connectivity index (χ1) is 19.5. The molecule has 1 unspecified atom stereocenters. The second-order valence-electron chi connectivity index (χ2n) is 9.57. The maximum Gasteiger partial charge on any atom is 0.331 e. The zero-order valence-corrected chi connectivity index (χ0v) is 21.7. The summed E-state index contributed by atoms with van der Waals surface area (Å²) < 4.78 is 5.47. The number of thioether (sulfide) groups is 1. The van der Waals surface area contributed by atoms with Crippen molar-refractivity contribution in [3.63, 3.8) is 0 Å². The molecule has 2 amide bonds. The molecule has 1 N–H and O–H groups in total. The van der Waals surface area contributed by atoms with Crippen LogP contribution in [0.15, 0.2) is 108 Å². The average molecular weight is 545 g/mol. The zero-order valence-electron chi connectivity index (χ0n) is 20.9. The Morgan fingerprint density at radius 3 is 2.05 bits per heavy atom. The van der Waals surface area contributed by atoms with Crippen LogP contribution in [0.4, 0.5) is 5.69 Å². The number of esters is 1. The molecule has 0 saturated heterocycles. The number of hydrogen-bond acceptors (Lipinski definition) is 7. The summed E-state index contributed by atoms with van der Waals surface area (Å²) in [6.07, 6.45) is 0. The zero-order chi connectivity index (χ0) is 27.4. The molecular formula is C32H20N2O5S. The summed E-state index contributed by atoms with van der Waals surface area (Å²) in [6.45, 7) is -0.488. The third-order valence-corrected chi connectivity index (χ3v) is 8.54. The van der Waals surface area contributed by atoms with Crippen LogP contribution in [-0.2, 0) is 4.79 Å². The van der Waals surface area contributed by atoms with Gasteiger partial charge < -0.3 is 10.1 Å². The second-order valence-corrected chi connectivity index (χ2v) is 10.7. The summed E-state index contributed by atoms with van der Waals surface area (Å²) in [5.74, 6) is -1.50. The molecule has 194 valence electrons. The Hall–Kier alpha value is -4.95. The number of carbonyl (C=O) groups excluding carboxylic acids is 4. The predicted molar refractivity (Wildman–Crippen MR) is 150 cm³/mol. The van der Waals surface area contributed by atoms with Gasteiger partial charge in [-0.3, -0.25) is 19.3 Å². The predicted octanol–water partition coefficient (Wildman–Crippen LogP) is 5.75. The lowest BCUT2D eigenvalue weighted by Crippen LogP contribution is -2.36. The number of nitrogens with zero attached hydrogens (tertiary/aromatic N) is 1. The van der Waals surface area contributed by atoms with Gasteiger partial charge in [0.15, 0.2) is 5.78 Å². The van der Waals surface area contributed by atoms with E-state index in [9.17, 15) is 19.2 Å². The van der Waals surface area contributed by atoms with Crippen molar-refractivity contribution in [1.29, 1.82) is 0 Å². The highest BCUT2D eigenvalue weighted by molar-refractivity contribution is 8.00.